The van der Waals surface area contributed by atoms with Gasteiger partial charge in [0.15, 0.2) is 0 Å². The highest BCUT2D eigenvalue weighted by atomic mass is 16.2. The number of rotatable bonds is 5. The first-order valence-electron chi connectivity index (χ1n) is 11.2. The maximum absolute atomic E-state index is 13.0. The summed E-state index contributed by atoms with van der Waals surface area (Å²) in [7, 11) is 0. The zero-order chi connectivity index (χ0) is 21.1. The lowest BCUT2D eigenvalue weighted by molar-refractivity contribution is -0.133. The quantitative estimate of drug-likeness (QED) is 0.762. The van der Waals surface area contributed by atoms with Crippen LogP contribution in [0.1, 0.15) is 59.4 Å². The van der Waals surface area contributed by atoms with E-state index >= 15 is 0 Å². The Morgan fingerprint density at radius 1 is 1.00 bits per heavy atom. The molecule has 2 heterocycles. The monoisotopic (exact) mass is 408 g/mol. The first kappa shape index (κ1) is 20.6. The van der Waals surface area contributed by atoms with Crippen LogP contribution in [-0.2, 0) is 11.3 Å². The molecule has 0 spiro atoms. The van der Waals surface area contributed by atoms with E-state index in [0.717, 1.165) is 17.0 Å². The summed E-state index contributed by atoms with van der Waals surface area (Å²) in [6.45, 7) is 7.19. The second-order valence-corrected chi connectivity index (χ2v) is 8.81. The molecule has 2 aliphatic rings. The summed E-state index contributed by atoms with van der Waals surface area (Å²) in [4.78, 5) is 29.4. The number of aromatic nitrogens is 2. The van der Waals surface area contributed by atoms with Crippen LogP contribution in [0.25, 0.3) is 0 Å². The highest BCUT2D eigenvalue weighted by molar-refractivity contribution is 5.94. The van der Waals surface area contributed by atoms with Crippen LogP contribution in [0.4, 0.5) is 0 Å². The number of hydrogen-bond donors (Lipinski definition) is 0. The Hall–Kier alpha value is -2.63. The third-order valence-corrected chi connectivity index (χ3v) is 6.47. The van der Waals surface area contributed by atoms with Gasteiger partial charge in [0.25, 0.3) is 5.91 Å². The van der Waals surface area contributed by atoms with Crippen LogP contribution in [0.2, 0.25) is 0 Å². The summed E-state index contributed by atoms with van der Waals surface area (Å²) in [5, 5.41) is 4.52. The molecule has 6 nitrogen and oxygen atoms in total. The highest BCUT2D eigenvalue weighted by Crippen LogP contribution is 2.28. The zero-order valence-corrected chi connectivity index (χ0v) is 18.1. The summed E-state index contributed by atoms with van der Waals surface area (Å²) in [6, 6.07) is 9.88. The molecular formula is C24H32N4O2. The van der Waals surface area contributed by atoms with Crippen molar-refractivity contribution in [3.05, 3.63) is 52.8 Å². The molecule has 0 N–H and O–H groups in total. The van der Waals surface area contributed by atoms with E-state index in [1.54, 1.807) is 0 Å². The Morgan fingerprint density at radius 3 is 2.37 bits per heavy atom. The average molecular weight is 409 g/mol. The number of benzene rings is 1. The van der Waals surface area contributed by atoms with Crippen LogP contribution >= 0.6 is 0 Å². The molecule has 0 atom stereocenters. The van der Waals surface area contributed by atoms with Gasteiger partial charge in [0.05, 0.1) is 12.2 Å². The van der Waals surface area contributed by atoms with Crippen LogP contribution in [0.5, 0.6) is 0 Å². The van der Waals surface area contributed by atoms with Crippen molar-refractivity contribution in [2.24, 2.45) is 5.92 Å². The predicted molar refractivity (Wildman–Crippen MR) is 116 cm³/mol. The van der Waals surface area contributed by atoms with Crippen molar-refractivity contribution >= 4 is 11.8 Å². The van der Waals surface area contributed by atoms with E-state index in [9.17, 15) is 9.59 Å². The predicted octanol–water partition coefficient (Wildman–Crippen LogP) is 3.41. The lowest BCUT2D eigenvalue weighted by Gasteiger charge is -2.35. The first-order valence-corrected chi connectivity index (χ1v) is 11.2. The smallest absolute Gasteiger partial charge is 0.253 e. The van der Waals surface area contributed by atoms with E-state index in [0.29, 0.717) is 50.6 Å². The van der Waals surface area contributed by atoms with Gasteiger partial charge in [-0.1, -0.05) is 25.0 Å². The third kappa shape index (κ3) is 4.74. The molecule has 0 bridgehead atoms. The number of nitrogens with zero attached hydrogens (tertiary/aromatic N) is 4. The minimum atomic E-state index is 0.0492. The molecule has 30 heavy (non-hydrogen) atoms. The van der Waals surface area contributed by atoms with Crippen LogP contribution in [0.15, 0.2) is 30.3 Å². The van der Waals surface area contributed by atoms with E-state index < -0.39 is 0 Å². The van der Waals surface area contributed by atoms with Crippen molar-refractivity contribution in [2.45, 2.75) is 52.5 Å². The Kier molecular flexibility index (Phi) is 6.21. The number of carbonyl (C=O) groups is 2. The molecule has 1 saturated heterocycles. The molecule has 4 rings (SSSR count). The molecule has 6 heteroatoms. The van der Waals surface area contributed by atoms with Crippen molar-refractivity contribution in [1.82, 2.24) is 19.6 Å². The van der Waals surface area contributed by atoms with Crippen molar-refractivity contribution < 1.29 is 9.59 Å². The Labute approximate surface area is 178 Å². The van der Waals surface area contributed by atoms with Crippen molar-refractivity contribution in [2.75, 3.05) is 26.2 Å². The van der Waals surface area contributed by atoms with E-state index in [2.05, 4.69) is 11.2 Å². The highest BCUT2D eigenvalue weighted by Gasteiger charge is 2.27. The lowest BCUT2D eigenvalue weighted by atomic mass is 10.0. The van der Waals surface area contributed by atoms with Gasteiger partial charge in [-0.3, -0.25) is 14.3 Å². The van der Waals surface area contributed by atoms with Crippen LogP contribution in [0.3, 0.4) is 0 Å². The normalized spacial score (nSPS) is 17.5. The van der Waals surface area contributed by atoms with E-state index in [1.807, 2.05) is 52.6 Å². The second kappa shape index (κ2) is 9.02. The van der Waals surface area contributed by atoms with Gasteiger partial charge < -0.3 is 9.80 Å². The molecule has 0 radical (unpaired) electrons. The number of amides is 2. The van der Waals surface area contributed by atoms with Crippen LogP contribution < -0.4 is 0 Å². The number of aryl methyl sites for hydroxylation is 2. The van der Waals surface area contributed by atoms with Gasteiger partial charge >= 0.3 is 0 Å². The fourth-order valence-corrected chi connectivity index (χ4v) is 4.74. The summed E-state index contributed by atoms with van der Waals surface area (Å²) < 4.78 is 1.97. The average Bonchev–Trinajstić information content (AvgIpc) is 3.37. The van der Waals surface area contributed by atoms with Gasteiger partial charge in [-0.2, -0.15) is 5.10 Å². The molecule has 1 aromatic heterocycles. The molecule has 1 saturated carbocycles. The molecule has 1 aliphatic heterocycles. The second-order valence-electron chi connectivity index (χ2n) is 8.81. The van der Waals surface area contributed by atoms with E-state index in [-0.39, 0.29) is 11.8 Å². The lowest BCUT2D eigenvalue weighted by Crippen LogP contribution is -2.50. The molecule has 2 aromatic rings. The van der Waals surface area contributed by atoms with Crippen molar-refractivity contribution in [3.8, 4) is 0 Å². The number of hydrogen-bond acceptors (Lipinski definition) is 3. The molecular weight excluding hydrogens is 376 g/mol. The number of carbonyl (C=O) groups excluding carboxylic acids is 2. The van der Waals surface area contributed by atoms with Gasteiger partial charge in [-0.15, -0.1) is 0 Å². The Bertz CT molecular complexity index is 906. The van der Waals surface area contributed by atoms with Crippen LogP contribution in [-0.4, -0.2) is 57.6 Å². The van der Waals surface area contributed by atoms with Crippen molar-refractivity contribution in [1.29, 1.82) is 0 Å². The molecule has 2 amide bonds. The standard InChI is InChI=1S/C24H32N4O2/c1-18-14-19(2)28(25-18)17-21-8-5-9-22(15-21)24(30)27-12-10-26(11-13-27)23(29)16-20-6-3-4-7-20/h5,8-9,14-15,20H,3-4,6-7,10-13,16-17H2,1-2H3. The van der Waals surface area contributed by atoms with Gasteiger partial charge in [-0.05, 0) is 56.4 Å². The van der Waals surface area contributed by atoms with Crippen molar-refractivity contribution in [3.63, 3.8) is 0 Å². The molecule has 0 unspecified atom stereocenters. The molecule has 1 aromatic carbocycles. The summed E-state index contributed by atoms with van der Waals surface area (Å²) >= 11 is 0. The molecule has 1 aliphatic carbocycles. The Balaban J connectivity index is 1.33. The maximum Gasteiger partial charge on any atom is 0.253 e. The summed E-state index contributed by atoms with van der Waals surface area (Å²) in [5.74, 6) is 0.885. The molecule has 2 fully saturated rings. The Morgan fingerprint density at radius 2 is 1.70 bits per heavy atom. The summed E-state index contributed by atoms with van der Waals surface area (Å²) in [6.07, 6.45) is 5.59. The zero-order valence-electron chi connectivity index (χ0n) is 18.1. The van der Waals surface area contributed by atoms with Crippen LogP contribution in [0, 0.1) is 19.8 Å². The van der Waals surface area contributed by atoms with Gasteiger partial charge in [0.1, 0.15) is 0 Å². The summed E-state index contributed by atoms with van der Waals surface area (Å²) in [5.41, 5.74) is 3.89. The van der Waals surface area contributed by atoms with Gasteiger partial charge in [-0.25, -0.2) is 0 Å². The maximum atomic E-state index is 13.0. The third-order valence-electron chi connectivity index (χ3n) is 6.47. The number of piperazine rings is 1. The first-order chi connectivity index (χ1) is 14.5. The molecule has 160 valence electrons. The SMILES string of the molecule is Cc1cc(C)n(Cc2cccc(C(=O)N3CCN(C(=O)CC4CCCC4)CC3)c2)n1. The van der Waals surface area contributed by atoms with E-state index in [1.165, 1.54) is 25.7 Å². The fourth-order valence-electron chi connectivity index (χ4n) is 4.74. The fraction of sp³-hybridized carbons (Fsp3) is 0.542. The topological polar surface area (TPSA) is 58.4 Å². The minimum absolute atomic E-state index is 0.0492. The van der Waals surface area contributed by atoms with Gasteiger partial charge in [0.2, 0.25) is 5.91 Å². The van der Waals surface area contributed by atoms with Gasteiger partial charge in [0, 0.05) is 43.9 Å². The minimum Gasteiger partial charge on any atom is -0.339 e. The van der Waals surface area contributed by atoms with E-state index in [4.69, 9.17) is 0 Å². The largest absolute Gasteiger partial charge is 0.339 e.